The minimum Gasteiger partial charge on any atom is -0.481 e. The Morgan fingerprint density at radius 1 is 1.59 bits per heavy atom. The Morgan fingerprint density at radius 2 is 2.29 bits per heavy atom. The fraction of sp³-hybridized carbons (Fsp3) is 0.444. The van der Waals surface area contributed by atoms with Crippen LogP contribution in [-0.2, 0) is 18.4 Å². The smallest absolute Gasteiger partial charge is 0.318 e. The Bertz CT molecular complexity index is 415. The molecule has 4 N–H and O–H groups in total. The molecule has 0 radical (unpaired) electrons. The van der Waals surface area contributed by atoms with Crippen molar-refractivity contribution in [3.63, 3.8) is 0 Å². The van der Waals surface area contributed by atoms with Crippen LogP contribution in [0.4, 0.5) is 4.79 Å². The van der Waals surface area contributed by atoms with Crippen molar-refractivity contribution in [3.05, 3.63) is 11.8 Å². The fourth-order valence-electron chi connectivity index (χ4n) is 1.27. The number of nitrogens with two attached hydrogens (primary N) is 1. The highest BCUT2D eigenvalue weighted by Crippen LogP contribution is 2.10. The minimum absolute atomic E-state index is 0.0121. The molecule has 0 unspecified atom stereocenters. The first-order valence-electron chi connectivity index (χ1n) is 4.90. The molecule has 0 aliphatic carbocycles. The summed E-state index contributed by atoms with van der Waals surface area (Å²) in [6.45, 7) is 0.380. The second-order valence-electron chi connectivity index (χ2n) is 3.32. The molecule has 0 atom stereocenters. The standard InChI is InChI=1S/C9H15N5O3/c1-14-8(17-2)3-6(13-14)4-11-5-7(15)12-9(10)16/h3,11H,4-5H2,1-2H3,(H3,10,12,15,16). The highest BCUT2D eigenvalue weighted by molar-refractivity contribution is 5.94. The van der Waals surface area contributed by atoms with Gasteiger partial charge in [-0.25, -0.2) is 9.48 Å². The molecule has 8 heteroatoms. The van der Waals surface area contributed by atoms with Crippen molar-refractivity contribution in [1.82, 2.24) is 20.4 Å². The van der Waals surface area contributed by atoms with E-state index in [1.807, 2.05) is 5.32 Å². The number of methoxy groups -OCH3 is 1. The summed E-state index contributed by atoms with van der Waals surface area (Å²) in [4.78, 5) is 21.4. The first-order chi connectivity index (χ1) is 8.02. The van der Waals surface area contributed by atoms with Gasteiger partial charge < -0.3 is 15.8 Å². The van der Waals surface area contributed by atoms with Gasteiger partial charge in [-0.3, -0.25) is 10.1 Å². The molecule has 1 rings (SSSR count). The van der Waals surface area contributed by atoms with Crippen molar-refractivity contribution < 1.29 is 14.3 Å². The molecular formula is C9H15N5O3. The van der Waals surface area contributed by atoms with E-state index in [0.717, 1.165) is 5.69 Å². The lowest BCUT2D eigenvalue weighted by Gasteiger charge is -2.01. The number of aryl methyl sites for hydroxylation is 1. The van der Waals surface area contributed by atoms with Crippen molar-refractivity contribution in [2.45, 2.75) is 6.54 Å². The zero-order chi connectivity index (χ0) is 12.8. The molecule has 0 bridgehead atoms. The first kappa shape index (κ1) is 13.0. The van der Waals surface area contributed by atoms with Crippen molar-refractivity contribution in [2.24, 2.45) is 12.8 Å². The number of hydrogen-bond donors (Lipinski definition) is 3. The number of imide groups is 1. The summed E-state index contributed by atoms with van der Waals surface area (Å²) >= 11 is 0. The summed E-state index contributed by atoms with van der Waals surface area (Å²) < 4.78 is 6.62. The molecule has 1 aromatic heterocycles. The van der Waals surface area contributed by atoms with Crippen molar-refractivity contribution in [3.8, 4) is 5.88 Å². The Hall–Kier alpha value is -2.09. The van der Waals surface area contributed by atoms with Crippen LogP contribution in [0.25, 0.3) is 0 Å². The lowest BCUT2D eigenvalue weighted by molar-refractivity contribution is -0.119. The van der Waals surface area contributed by atoms with Crippen LogP contribution >= 0.6 is 0 Å². The second-order valence-corrected chi connectivity index (χ2v) is 3.32. The highest BCUT2D eigenvalue weighted by Gasteiger charge is 2.06. The molecule has 1 aromatic rings. The van der Waals surface area contributed by atoms with Crippen LogP contribution in [0, 0.1) is 0 Å². The first-order valence-corrected chi connectivity index (χ1v) is 4.90. The van der Waals surface area contributed by atoms with E-state index in [1.54, 1.807) is 24.9 Å². The molecule has 0 aromatic carbocycles. The molecular weight excluding hydrogens is 226 g/mol. The van der Waals surface area contributed by atoms with Crippen LogP contribution in [0.2, 0.25) is 0 Å². The number of aromatic nitrogens is 2. The summed E-state index contributed by atoms with van der Waals surface area (Å²) in [5, 5.41) is 8.91. The summed E-state index contributed by atoms with van der Waals surface area (Å²) in [7, 11) is 3.30. The van der Waals surface area contributed by atoms with Crippen LogP contribution < -0.4 is 21.1 Å². The minimum atomic E-state index is -0.865. The van der Waals surface area contributed by atoms with E-state index in [0.29, 0.717) is 12.4 Å². The van der Waals surface area contributed by atoms with Gasteiger partial charge in [-0.15, -0.1) is 0 Å². The lowest BCUT2D eigenvalue weighted by Crippen LogP contribution is -2.40. The Kier molecular flexibility index (Phi) is 4.46. The Morgan fingerprint density at radius 3 is 2.82 bits per heavy atom. The average Bonchev–Trinajstić information content (AvgIpc) is 2.57. The monoisotopic (exact) mass is 241 g/mol. The van der Waals surface area contributed by atoms with E-state index in [4.69, 9.17) is 10.5 Å². The van der Waals surface area contributed by atoms with Crippen LogP contribution in [0.5, 0.6) is 5.88 Å². The number of amides is 3. The summed E-state index contributed by atoms with van der Waals surface area (Å²) in [5.74, 6) is 0.142. The SMILES string of the molecule is COc1cc(CNCC(=O)NC(N)=O)nn1C. The molecule has 0 fully saturated rings. The van der Waals surface area contributed by atoms with Crippen molar-refractivity contribution in [1.29, 1.82) is 0 Å². The third kappa shape index (κ3) is 4.11. The van der Waals surface area contributed by atoms with Crippen molar-refractivity contribution in [2.75, 3.05) is 13.7 Å². The number of rotatable bonds is 5. The van der Waals surface area contributed by atoms with Gasteiger partial charge in [0.15, 0.2) is 0 Å². The van der Waals surface area contributed by atoms with E-state index in [1.165, 1.54) is 0 Å². The van der Waals surface area contributed by atoms with E-state index < -0.39 is 11.9 Å². The van der Waals surface area contributed by atoms with Gasteiger partial charge in [0, 0.05) is 19.7 Å². The quantitative estimate of drug-likeness (QED) is 0.594. The second kappa shape index (κ2) is 5.85. The Balaban J connectivity index is 2.35. The molecule has 0 aliphatic rings. The molecule has 0 saturated carbocycles. The van der Waals surface area contributed by atoms with Crippen LogP contribution in [0.3, 0.4) is 0 Å². The number of carbonyl (C=O) groups excluding carboxylic acids is 2. The predicted octanol–water partition coefficient (Wildman–Crippen LogP) is -1.29. The molecule has 0 aliphatic heterocycles. The Labute approximate surface area is 98.1 Å². The third-order valence-electron chi connectivity index (χ3n) is 1.95. The zero-order valence-electron chi connectivity index (χ0n) is 9.69. The van der Waals surface area contributed by atoms with Crippen molar-refractivity contribution >= 4 is 11.9 Å². The average molecular weight is 241 g/mol. The summed E-state index contributed by atoms with van der Waals surface area (Å²) in [6, 6.07) is 0.884. The van der Waals surface area contributed by atoms with Gasteiger partial charge in [0.25, 0.3) is 0 Å². The van der Waals surface area contributed by atoms with Gasteiger partial charge in [0.1, 0.15) is 0 Å². The molecule has 1 heterocycles. The molecule has 3 amide bonds. The van der Waals surface area contributed by atoms with Gasteiger partial charge in [0.2, 0.25) is 11.8 Å². The molecule has 8 nitrogen and oxygen atoms in total. The van der Waals surface area contributed by atoms with E-state index in [9.17, 15) is 9.59 Å². The third-order valence-corrected chi connectivity index (χ3v) is 1.95. The fourth-order valence-corrected chi connectivity index (χ4v) is 1.27. The van der Waals surface area contributed by atoms with Crippen LogP contribution in [0.1, 0.15) is 5.69 Å². The maximum atomic E-state index is 11.0. The number of primary amides is 1. The zero-order valence-corrected chi connectivity index (χ0v) is 9.69. The van der Waals surface area contributed by atoms with E-state index in [-0.39, 0.29) is 6.54 Å². The van der Waals surface area contributed by atoms with Gasteiger partial charge >= 0.3 is 6.03 Å². The maximum absolute atomic E-state index is 11.0. The number of hydrogen-bond acceptors (Lipinski definition) is 5. The number of ether oxygens (including phenoxy) is 1. The van der Waals surface area contributed by atoms with E-state index >= 15 is 0 Å². The number of nitrogens with zero attached hydrogens (tertiary/aromatic N) is 2. The molecule has 0 saturated heterocycles. The highest BCUT2D eigenvalue weighted by atomic mass is 16.5. The van der Waals surface area contributed by atoms with Gasteiger partial charge in [0.05, 0.1) is 19.3 Å². The topological polar surface area (TPSA) is 111 Å². The molecule has 17 heavy (non-hydrogen) atoms. The molecule has 0 spiro atoms. The van der Waals surface area contributed by atoms with Gasteiger partial charge in [-0.2, -0.15) is 5.10 Å². The number of nitrogens with one attached hydrogen (secondary N) is 2. The van der Waals surface area contributed by atoms with Crippen LogP contribution in [0.15, 0.2) is 6.07 Å². The summed E-state index contributed by atoms with van der Waals surface area (Å²) in [5.41, 5.74) is 5.52. The predicted molar refractivity (Wildman–Crippen MR) is 59.2 cm³/mol. The maximum Gasteiger partial charge on any atom is 0.318 e. The van der Waals surface area contributed by atoms with Gasteiger partial charge in [-0.05, 0) is 0 Å². The lowest BCUT2D eigenvalue weighted by atomic mass is 10.4. The normalized spacial score (nSPS) is 10.0. The molecule has 94 valence electrons. The summed E-state index contributed by atoms with van der Waals surface area (Å²) in [6.07, 6.45) is 0. The number of urea groups is 1. The van der Waals surface area contributed by atoms with E-state index in [2.05, 4.69) is 10.4 Å². The number of carbonyl (C=O) groups is 2. The van der Waals surface area contributed by atoms with Gasteiger partial charge in [-0.1, -0.05) is 0 Å². The van der Waals surface area contributed by atoms with Crippen LogP contribution in [-0.4, -0.2) is 35.4 Å². The largest absolute Gasteiger partial charge is 0.481 e.